The molecule has 5 nitrogen and oxygen atoms in total. The van der Waals surface area contributed by atoms with Gasteiger partial charge in [0.25, 0.3) is 0 Å². The number of aromatic nitrogens is 1. The van der Waals surface area contributed by atoms with E-state index in [1.807, 2.05) is 109 Å². The fourth-order valence-electron chi connectivity index (χ4n) is 4.61. The summed E-state index contributed by atoms with van der Waals surface area (Å²) in [7, 11) is 0. The number of nitrogens with zero attached hydrogens (tertiary/aromatic N) is 2. The summed E-state index contributed by atoms with van der Waals surface area (Å²) in [5.41, 5.74) is 4.06. The van der Waals surface area contributed by atoms with E-state index in [-0.39, 0.29) is 12.1 Å². The van der Waals surface area contributed by atoms with Gasteiger partial charge < -0.3 is 19.4 Å². The normalized spacial score (nSPS) is 17.0. The van der Waals surface area contributed by atoms with Gasteiger partial charge in [0.05, 0.1) is 11.7 Å². The first-order valence-electron chi connectivity index (χ1n) is 12.2. The molecule has 6 rings (SSSR count). The number of aryl methyl sites for hydroxylation is 1. The Hall–Kier alpha value is -4.42. The van der Waals surface area contributed by atoms with Crippen molar-refractivity contribution in [1.29, 1.82) is 0 Å². The van der Waals surface area contributed by atoms with Gasteiger partial charge >= 0.3 is 0 Å². The van der Waals surface area contributed by atoms with Gasteiger partial charge in [-0.3, -0.25) is 4.98 Å². The molecule has 1 N–H and O–H groups in total. The molecule has 0 aliphatic carbocycles. The molecule has 1 saturated heterocycles. The van der Waals surface area contributed by atoms with Crippen LogP contribution < -0.4 is 15.0 Å². The number of thiocarbonyl (C=S) groups is 1. The number of anilines is 1. The highest BCUT2D eigenvalue weighted by atomic mass is 32.1. The van der Waals surface area contributed by atoms with Crippen LogP contribution in [0.3, 0.4) is 0 Å². The predicted molar refractivity (Wildman–Crippen MR) is 150 cm³/mol. The van der Waals surface area contributed by atoms with Crippen LogP contribution in [0.15, 0.2) is 120 Å². The Morgan fingerprint density at radius 3 is 2.22 bits per heavy atom. The van der Waals surface area contributed by atoms with E-state index in [0.717, 1.165) is 40.0 Å². The predicted octanol–water partition coefficient (Wildman–Crippen LogP) is 7.62. The monoisotopic (exact) mass is 503 g/mol. The van der Waals surface area contributed by atoms with Gasteiger partial charge in [-0.15, -0.1) is 0 Å². The fourth-order valence-corrected chi connectivity index (χ4v) is 4.95. The van der Waals surface area contributed by atoms with Crippen LogP contribution in [0.2, 0.25) is 0 Å². The number of pyridine rings is 1. The number of furan rings is 1. The van der Waals surface area contributed by atoms with E-state index in [9.17, 15) is 0 Å². The molecule has 1 aliphatic rings. The molecule has 182 valence electrons. The van der Waals surface area contributed by atoms with Crippen LogP contribution in [0.1, 0.15) is 29.1 Å². The number of ether oxygens (including phenoxy) is 1. The zero-order chi connectivity index (χ0) is 25.2. The maximum Gasteiger partial charge on any atom is 0.174 e. The summed E-state index contributed by atoms with van der Waals surface area (Å²) in [6.07, 6.45) is 1.80. The molecule has 1 fully saturated rings. The summed E-state index contributed by atoms with van der Waals surface area (Å²) in [5, 5.41) is 4.10. The van der Waals surface area contributed by atoms with Gasteiger partial charge in [-0.1, -0.05) is 54.1 Å². The van der Waals surface area contributed by atoms with E-state index in [1.54, 1.807) is 6.20 Å². The van der Waals surface area contributed by atoms with Crippen molar-refractivity contribution in [3.8, 4) is 22.8 Å². The lowest BCUT2D eigenvalue weighted by Crippen LogP contribution is -2.29. The molecule has 37 heavy (non-hydrogen) atoms. The molecule has 1 aliphatic heterocycles. The van der Waals surface area contributed by atoms with Crippen molar-refractivity contribution in [3.63, 3.8) is 0 Å². The molecule has 0 saturated carbocycles. The number of rotatable bonds is 6. The van der Waals surface area contributed by atoms with Crippen molar-refractivity contribution in [3.05, 3.63) is 132 Å². The molecule has 3 heterocycles. The number of nitrogens with one attached hydrogen (secondary N) is 1. The van der Waals surface area contributed by atoms with Crippen molar-refractivity contribution >= 4 is 23.0 Å². The first-order valence-corrected chi connectivity index (χ1v) is 12.6. The first kappa shape index (κ1) is 23.0. The van der Waals surface area contributed by atoms with Crippen LogP contribution in [-0.2, 0) is 0 Å². The lowest BCUT2D eigenvalue weighted by Gasteiger charge is -2.26. The Labute approximate surface area is 221 Å². The lowest BCUT2D eigenvalue weighted by atomic mass is 10.0. The highest BCUT2D eigenvalue weighted by Crippen LogP contribution is 2.43. The third-order valence-electron chi connectivity index (χ3n) is 6.45. The van der Waals surface area contributed by atoms with E-state index in [1.165, 1.54) is 5.56 Å². The summed E-state index contributed by atoms with van der Waals surface area (Å²) in [4.78, 5) is 6.72. The zero-order valence-electron chi connectivity index (χ0n) is 20.2. The van der Waals surface area contributed by atoms with E-state index < -0.39 is 0 Å². The van der Waals surface area contributed by atoms with Crippen LogP contribution in [0, 0.1) is 6.92 Å². The average Bonchev–Trinajstić information content (AvgIpc) is 3.56. The van der Waals surface area contributed by atoms with Gasteiger partial charge in [0.2, 0.25) is 0 Å². The van der Waals surface area contributed by atoms with Crippen LogP contribution >= 0.6 is 12.2 Å². The second-order valence-corrected chi connectivity index (χ2v) is 9.36. The molecular weight excluding hydrogens is 478 g/mol. The van der Waals surface area contributed by atoms with Gasteiger partial charge in [0.15, 0.2) is 5.11 Å². The van der Waals surface area contributed by atoms with E-state index in [4.69, 9.17) is 21.4 Å². The summed E-state index contributed by atoms with van der Waals surface area (Å²) in [5.74, 6) is 3.18. The van der Waals surface area contributed by atoms with Gasteiger partial charge in [-0.05, 0) is 79.8 Å². The number of hydrogen-bond donors (Lipinski definition) is 1. The molecule has 0 amide bonds. The van der Waals surface area contributed by atoms with Crippen molar-refractivity contribution in [2.45, 2.75) is 19.0 Å². The molecule has 2 atom stereocenters. The maximum atomic E-state index is 6.42. The van der Waals surface area contributed by atoms with Crippen molar-refractivity contribution in [2.75, 3.05) is 4.90 Å². The molecule has 0 unspecified atom stereocenters. The van der Waals surface area contributed by atoms with E-state index in [0.29, 0.717) is 5.11 Å². The fraction of sp³-hybridized carbons (Fsp3) is 0.0968. The second-order valence-electron chi connectivity index (χ2n) is 8.97. The van der Waals surface area contributed by atoms with Crippen molar-refractivity contribution in [1.82, 2.24) is 10.3 Å². The Morgan fingerprint density at radius 1 is 0.811 bits per heavy atom. The van der Waals surface area contributed by atoms with Crippen LogP contribution in [-0.4, -0.2) is 10.1 Å². The number of hydrogen-bond acceptors (Lipinski definition) is 4. The quantitative estimate of drug-likeness (QED) is 0.241. The van der Waals surface area contributed by atoms with Crippen molar-refractivity contribution in [2.24, 2.45) is 0 Å². The summed E-state index contributed by atoms with van der Waals surface area (Å²) < 4.78 is 12.5. The molecule has 3 aromatic carbocycles. The Morgan fingerprint density at radius 2 is 1.51 bits per heavy atom. The van der Waals surface area contributed by atoms with Crippen LogP contribution in [0.4, 0.5) is 5.69 Å². The first-order chi connectivity index (χ1) is 18.2. The SMILES string of the molecule is Cc1ccc(Oc2ccc(N3C(=S)N[C@@H](c4ccccn4)[C@@H]3c3ccc(-c4ccccc4)o3)cc2)cc1. The standard InChI is InChI=1S/C31H25N3O2S/c1-21-10-14-24(15-11-21)35-25-16-12-23(13-17-25)34-30(29(33-31(34)37)26-9-5-6-20-32-26)28-19-18-27(36-28)22-7-3-2-4-8-22/h2-20,29-30H,1H3,(H,33,37)/t29-,30-/m0/s1. The molecule has 6 heteroatoms. The minimum absolute atomic E-state index is 0.174. The van der Waals surface area contributed by atoms with Crippen LogP contribution in [0.5, 0.6) is 11.5 Å². The lowest BCUT2D eigenvalue weighted by molar-refractivity contribution is 0.439. The molecule has 0 bridgehead atoms. The minimum atomic E-state index is -0.219. The largest absolute Gasteiger partial charge is 0.459 e. The summed E-state index contributed by atoms with van der Waals surface area (Å²) in [6, 6.07) is 35.6. The average molecular weight is 504 g/mol. The minimum Gasteiger partial charge on any atom is -0.459 e. The highest BCUT2D eigenvalue weighted by molar-refractivity contribution is 7.80. The van der Waals surface area contributed by atoms with Crippen molar-refractivity contribution < 1.29 is 9.15 Å². The van der Waals surface area contributed by atoms with Gasteiger partial charge in [-0.2, -0.15) is 0 Å². The Kier molecular flexibility index (Phi) is 6.16. The molecule has 5 aromatic rings. The van der Waals surface area contributed by atoms with Gasteiger partial charge in [0.1, 0.15) is 29.1 Å². The van der Waals surface area contributed by atoms with E-state index >= 15 is 0 Å². The molecular formula is C31H25N3O2S. The van der Waals surface area contributed by atoms with E-state index in [2.05, 4.69) is 22.1 Å². The third-order valence-corrected chi connectivity index (χ3v) is 6.76. The summed E-state index contributed by atoms with van der Waals surface area (Å²) in [6.45, 7) is 2.06. The summed E-state index contributed by atoms with van der Waals surface area (Å²) >= 11 is 5.84. The van der Waals surface area contributed by atoms with Gasteiger partial charge in [-0.25, -0.2) is 0 Å². The third kappa shape index (κ3) is 4.71. The maximum absolute atomic E-state index is 6.42. The Balaban J connectivity index is 1.34. The second kappa shape index (κ2) is 9.91. The molecule has 2 aromatic heterocycles. The topological polar surface area (TPSA) is 50.5 Å². The Bertz CT molecular complexity index is 1500. The van der Waals surface area contributed by atoms with Gasteiger partial charge in [0, 0.05) is 17.4 Å². The smallest absolute Gasteiger partial charge is 0.174 e. The number of benzene rings is 3. The molecule has 0 spiro atoms. The highest BCUT2D eigenvalue weighted by Gasteiger charge is 2.42. The van der Waals surface area contributed by atoms with Crippen LogP contribution in [0.25, 0.3) is 11.3 Å². The molecule has 0 radical (unpaired) electrons. The zero-order valence-corrected chi connectivity index (χ0v) is 21.1.